The Morgan fingerprint density at radius 1 is 1.22 bits per heavy atom. The van der Waals surface area contributed by atoms with Gasteiger partial charge >= 0.3 is 0 Å². The van der Waals surface area contributed by atoms with Crippen molar-refractivity contribution in [1.82, 2.24) is 0 Å². The first-order valence-corrected chi connectivity index (χ1v) is 7.61. The Bertz CT molecular complexity index is 352. The van der Waals surface area contributed by atoms with Crippen molar-refractivity contribution in [3.05, 3.63) is 29.8 Å². The Morgan fingerprint density at radius 2 is 1.89 bits per heavy atom. The highest BCUT2D eigenvalue weighted by Gasteiger charge is 2.20. The largest absolute Gasteiger partial charge is 0.496 e. The molecule has 0 aromatic heterocycles. The summed E-state index contributed by atoms with van der Waals surface area (Å²) in [6, 6.07) is 8.30. The standard InChI is InChI=1S/C15H25NOS/c1-11(2)9-10-18-15(12(3)16)13-7-5-6-8-14(13)17-4/h5-8,11-12,15H,9-10,16H2,1-4H3. The quantitative estimate of drug-likeness (QED) is 0.814. The molecule has 0 aliphatic heterocycles. The van der Waals surface area contributed by atoms with Crippen LogP contribution in [-0.4, -0.2) is 18.9 Å². The van der Waals surface area contributed by atoms with Crippen LogP contribution in [-0.2, 0) is 0 Å². The molecule has 102 valence electrons. The second-order valence-electron chi connectivity index (χ2n) is 5.07. The van der Waals surface area contributed by atoms with Crippen molar-refractivity contribution in [3.8, 4) is 5.75 Å². The summed E-state index contributed by atoms with van der Waals surface area (Å²) in [6.45, 7) is 6.58. The third kappa shape index (κ3) is 4.54. The summed E-state index contributed by atoms with van der Waals surface area (Å²) in [5.41, 5.74) is 7.34. The highest BCUT2D eigenvalue weighted by atomic mass is 32.2. The summed E-state index contributed by atoms with van der Waals surface area (Å²) in [6.07, 6.45) is 1.23. The van der Waals surface area contributed by atoms with Gasteiger partial charge in [-0.2, -0.15) is 11.8 Å². The van der Waals surface area contributed by atoms with Crippen molar-refractivity contribution < 1.29 is 4.74 Å². The van der Waals surface area contributed by atoms with Gasteiger partial charge in [-0.15, -0.1) is 0 Å². The van der Waals surface area contributed by atoms with Crippen LogP contribution in [0.3, 0.4) is 0 Å². The molecule has 3 heteroatoms. The summed E-state index contributed by atoms with van der Waals surface area (Å²) in [5.74, 6) is 2.82. The van der Waals surface area contributed by atoms with Gasteiger partial charge in [0, 0.05) is 16.9 Å². The van der Waals surface area contributed by atoms with Crippen LogP contribution < -0.4 is 10.5 Å². The number of benzene rings is 1. The van der Waals surface area contributed by atoms with Crippen molar-refractivity contribution in [3.63, 3.8) is 0 Å². The van der Waals surface area contributed by atoms with Gasteiger partial charge in [-0.1, -0.05) is 32.0 Å². The summed E-state index contributed by atoms with van der Waals surface area (Å²) < 4.78 is 5.43. The molecule has 0 saturated carbocycles. The second-order valence-corrected chi connectivity index (χ2v) is 6.32. The van der Waals surface area contributed by atoms with E-state index in [2.05, 4.69) is 32.9 Å². The van der Waals surface area contributed by atoms with Gasteiger partial charge in [0.2, 0.25) is 0 Å². The van der Waals surface area contributed by atoms with E-state index >= 15 is 0 Å². The lowest BCUT2D eigenvalue weighted by molar-refractivity contribution is 0.408. The topological polar surface area (TPSA) is 35.2 Å². The van der Waals surface area contributed by atoms with E-state index in [9.17, 15) is 0 Å². The van der Waals surface area contributed by atoms with Crippen LogP contribution in [0.15, 0.2) is 24.3 Å². The number of hydrogen-bond acceptors (Lipinski definition) is 3. The molecular weight excluding hydrogens is 242 g/mol. The minimum absolute atomic E-state index is 0.124. The Hall–Kier alpha value is -0.670. The number of thioether (sulfide) groups is 1. The fourth-order valence-electron chi connectivity index (χ4n) is 1.86. The molecule has 0 bridgehead atoms. The minimum Gasteiger partial charge on any atom is -0.496 e. The van der Waals surface area contributed by atoms with E-state index in [1.54, 1.807) is 7.11 Å². The lowest BCUT2D eigenvalue weighted by atomic mass is 10.1. The Morgan fingerprint density at radius 3 is 2.44 bits per heavy atom. The van der Waals surface area contributed by atoms with Crippen molar-refractivity contribution >= 4 is 11.8 Å². The smallest absolute Gasteiger partial charge is 0.123 e. The zero-order chi connectivity index (χ0) is 13.5. The predicted octanol–water partition coefficient (Wildman–Crippen LogP) is 3.86. The summed E-state index contributed by atoms with van der Waals surface area (Å²) in [5, 5.41) is 0.305. The van der Waals surface area contributed by atoms with Crippen molar-refractivity contribution in [2.24, 2.45) is 11.7 Å². The number of para-hydroxylation sites is 1. The van der Waals surface area contributed by atoms with Crippen molar-refractivity contribution in [2.45, 2.75) is 38.5 Å². The molecule has 0 aliphatic rings. The van der Waals surface area contributed by atoms with Crippen molar-refractivity contribution in [2.75, 3.05) is 12.9 Å². The van der Waals surface area contributed by atoms with Gasteiger partial charge in [0.1, 0.15) is 5.75 Å². The number of rotatable bonds is 7. The normalized spacial score (nSPS) is 14.6. The van der Waals surface area contributed by atoms with E-state index in [1.807, 2.05) is 23.9 Å². The monoisotopic (exact) mass is 267 g/mol. The molecule has 0 saturated heterocycles. The Labute approximate surface area is 115 Å². The third-order valence-corrected chi connectivity index (χ3v) is 4.43. The van der Waals surface area contributed by atoms with E-state index in [0.717, 1.165) is 17.4 Å². The molecule has 0 radical (unpaired) electrons. The molecule has 2 atom stereocenters. The average molecular weight is 267 g/mol. The zero-order valence-corrected chi connectivity index (χ0v) is 12.7. The lowest BCUT2D eigenvalue weighted by Gasteiger charge is -2.23. The maximum absolute atomic E-state index is 6.13. The molecule has 0 amide bonds. The molecule has 0 spiro atoms. The molecular formula is C15H25NOS. The first kappa shape index (κ1) is 15.4. The van der Waals surface area contributed by atoms with Crippen LogP contribution in [0.4, 0.5) is 0 Å². The molecule has 1 rings (SSSR count). The molecule has 18 heavy (non-hydrogen) atoms. The molecule has 0 aliphatic carbocycles. The maximum atomic E-state index is 6.13. The number of ether oxygens (including phenoxy) is 1. The van der Waals surface area contributed by atoms with E-state index in [4.69, 9.17) is 10.5 Å². The average Bonchev–Trinajstić information content (AvgIpc) is 2.34. The fraction of sp³-hybridized carbons (Fsp3) is 0.600. The summed E-state index contributed by atoms with van der Waals surface area (Å²) in [4.78, 5) is 0. The van der Waals surface area contributed by atoms with Crippen LogP contribution in [0.2, 0.25) is 0 Å². The number of methoxy groups -OCH3 is 1. The molecule has 1 aromatic rings. The van der Waals surface area contributed by atoms with Gasteiger partial charge in [0.15, 0.2) is 0 Å². The predicted molar refractivity (Wildman–Crippen MR) is 81.3 cm³/mol. The van der Waals surface area contributed by atoms with Gasteiger partial charge in [0.05, 0.1) is 7.11 Å². The fourth-order valence-corrected chi connectivity index (χ4v) is 3.40. The third-order valence-electron chi connectivity index (χ3n) is 2.92. The molecule has 2 N–H and O–H groups in total. The SMILES string of the molecule is COc1ccccc1C(SCCC(C)C)C(C)N. The molecule has 1 aromatic carbocycles. The molecule has 0 heterocycles. The number of hydrogen-bond donors (Lipinski definition) is 1. The van der Waals surface area contributed by atoms with Crippen LogP contribution in [0, 0.1) is 5.92 Å². The van der Waals surface area contributed by atoms with E-state index in [-0.39, 0.29) is 6.04 Å². The van der Waals surface area contributed by atoms with E-state index in [0.29, 0.717) is 5.25 Å². The van der Waals surface area contributed by atoms with Crippen LogP contribution in [0.1, 0.15) is 38.0 Å². The molecule has 2 nitrogen and oxygen atoms in total. The Kier molecular flexibility index (Phi) is 6.58. The Balaban J connectivity index is 2.77. The zero-order valence-electron chi connectivity index (χ0n) is 11.8. The summed E-state index contributed by atoms with van der Waals surface area (Å²) in [7, 11) is 1.72. The maximum Gasteiger partial charge on any atom is 0.123 e. The van der Waals surface area contributed by atoms with Crippen LogP contribution in [0.5, 0.6) is 5.75 Å². The van der Waals surface area contributed by atoms with Gasteiger partial charge < -0.3 is 10.5 Å². The molecule has 2 unspecified atom stereocenters. The van der Waals surface area contributed by atoms with Gasteiger partial charge in [-0.05, 0) is 31.1 Å². The van der Waals surface area contributed by atoms with Gasteiger partial charge in [-0.25, -0.2) is 0 Å². The van der Waals surface area contributed by atoms with Gasteiger partial charge in [-0.3, -0.25) is 0 Å². The van der Waals surface area contributed by atoms with Crippen LogP contribution >= 0.6 is 11.8 Å². The van der Waals surface area contributed by atoms with Crippen molar-refractivity contribution in [1.29, 1.82) is 0 Å². The second kappa shape index (κ2) is 7.70. The van der Waals surface area contributed by atoms with Gasteiger partial charge in [0.25, 0.3) is 0 Å². The van der Waals surface area contributed by atoms with E-state index < -0.39 is 0 Å². The van der Waals surface area contributed by atoms with E-state index in [1.165, 1.54) is 12.0 Å². The first-order chi connectivity index (χ1) is 8.56. The highest BCUT2D eigenvalue weighted by Crippen LogP contribution is 2.37. The lowest BCUT2D eigenvalue weighted by Crippen LogP contribution is -2.23. The summed E-state index contributed by atoms with van der Waals surface area (Å²) >= 11 is 1.94. The first-order valence-electron chi connectivity index (χ1n) is 6.56. The highest BCUT2D eigenvalue weighted by molar-refractivity contribution is 7.99. The molecule has 0 fully saturated rings. The van der Waals surface area contributed by atoms with Crippen LogP contribution in [0.25, 0.3) is 0 Å². The number of nitrogens with two attached hydrogens (primary N) is 1. The minimum atomic E-state index is 0.124.